The largest absolute Gasteiger partial charge is 0.314 e. The molecule has 0 aromatic carbocycles. The molecule has 14 heavy (non-hydrogen) atoms. The minimum atomic E-state index is 0.721. The van der Waals surface area contributed by atoms with E-state index in [1.54, 1.807) is 0 Å². The maximum Gasteiger partial charge on any atom is 0.0270 e. The molecule has 2 rings (SSSR count). The van der Waals surface area contributed by atoms with Crippen LogP contribution >= 0.6 is 0 Å². The van der Waals surface area contributed by atoms with Gasteiger partial charge in [0, 0.05) is 18.4 Å². The Bertz CT molecular complexity index is 284. The van der Waals surface area contributed by atoms with E-state index in [9.17, 15) is 0 Å². The number of pyridine rings is 1. The highest BCUT2D eigenvalue weighted by molar-refractivity contribution is 5.21. The summed E-state index contributed by atoms with van der Waals surface area (Å²) in [7, 11) is 0. The average Bonchev–Trinajstić information content (AvgIpc) is 2.24. The molecule has 2 nitrogen and oxygen atoms in total. The van der Waals surface area contributed by atoms with E-state index in [2.05, 4.69) is 36.3 Å². The second-order valence-electron chi connectivity index (χ2n) is 4.15. The predicted octanol–water partition coefficient (Wildman–Crippen LogP) is 2.18. The lowest BCUT2D eigenvalue weighted by atomic mass is 9.67. The van der Waals surface area contributed by atoms with E-state index in [1.807, 2.05) is 12.4 Å². The average molecular weight is 190 g/mol. The van der Waals surface area contributed by atoms with Crippen molar-refractivity contribution in [2.75, 3.05) is 6.54 Å². The van der Waals surface area contributed by atoms with Crippen LogP contribution in [0.15, 0.2) is 24.5 Å². The fraction of sp³-hybridized carbons (Fsp3) is 0.583. The van der Waals surface area contributed by atoms with Crippen LogP contribution in [0.1, 0.15) is 31.7 Å². The van der Waals surface area contributed by atoms with Crippen molar-refractivity contribution in [1.82, 2.24) is 10.3 Å². The van der Waals surface area contributed by atoms with Gasteiger partial charge in [-0.25, -0.2) is 0 Å². The summed E-state index contributed by atoms with van der Waals surface area (Å²) >= 11 is 0. The molecule has 0 spiro atoms. The molecule has 2 heteroatoms. The lowest BCUT2D eigenvalue weighted by Crippen LogP contribution is -2.47. The van der Waals surface area contributed by atoms with Crippen molar-refractivity contribution in [2.24, 2.45) is 5.92 Å². The summed E-state index contributed by atoms with van der Waals surface area (Å²) in [6, 6.07) is 5.00. The molecule has 76 valence electrons. The Morgan fingerprint density at radius 2 is 2.14 bits per heavy atom. The van der Waals surface area contributed by atoms with Gasteiger partial charge < -0.3 is 5.32 Å². The van der Waals surface area contributed by atoms with Crippen LogP contribution in [0.5, 0.6) is 0 Å². The van der Waals surface area contributed by atoms with Crippen molar-refractivity contribution in [2.45, 2.75) is 32.2 Å². The Labute approximate surface area is 85.7 Å². The molecule has 1 aromatic rings. The monoisotopic (exact) mass is 190 g/mol. The number of hydrogen-bond donors (Lipinski definition) is 1. The third-order valence-corrected chi connectivity index (χ3v) is 3.38. The molecule has 0 saturated heterocycles. The Hall–Kier alpha value is -0.890. The Balaban J connectivity index is 1.98. The molecule has 1 aliphatic carbocycles. The zero-order chi connectivity index (χ0) is 9.97. The van der Waals surface area contributed by atoms with Gasteiger partial charge in [0.15, 0.2) is 0 Å². The summed E-state index contributed by atoms with van der Waals surface area (Å²) in [5.74, 6) is 1.50. The van der Waals surface area contributed by atoms with E-state index in [0.717, 1.165) is 24.4 Å². The Morgan fingerprint density at radius 3 is 2.71 bits per heavy atom. The zero-order valence-electron chi connectivity index (χ0n) is 8.90. The van der Waals surface area contributed by atoms with Gasteiger partial charge in [-0.1, -0.05) is 13.8 Å². The minimum absolute atomic E-state index is 0.721. The molecule has 0 bridgehead atoms. The van der Waals surface area contributed by atoms with Crippen molar-refractivity contribution in [3.63, 3.8) is 0 Å². The van der Waals surface area contributed by atoms with E-state index in [0.29, 0.717) is 0 Å². The van der Waals surface area contributed by atoms with E-state index in [4.69, 9.17) is 0 Å². The van der Waals surface area contributed by atoms with Crippen molar-refractivity contribution < 1.29 is 0 Å². The summed E-state index contributed by atoms with van der Waals surface area (Å²) in [5.41, 5.74) is 1.45. The summed E-state index contributed by atoms with van der Waals surface area (Å²) in [4.78, 5) is 4.05. The highest BCUT2D eigenvalue weighted by Gasteiger charge is 2.37. The fourth-order valence-corrected chi connectivity index (χ4v) is 2.37. The van der Waals surface area contributed by atoms with Crippen molar-refractivity contribution in [3.8, 4) is 0 Å². The number of hydrogen-bond acceptors (Lipinski definition) is 2. The van der Waals surface area contributed by atoms with Crippen molar-refractivity contribution in [1.29, 1.82) is 0 Å². The van der Waals surface area contributed by atoms with Gasteiger partial charge in [0.2, 0.25) is 0 Å². The van der Waals surface area contributed by atoms with Crippen LogP contribution in [0.25, 0.3) is 0 Å². The van der Waals surface area contributed by atoms with Crippen LogP contribution in [0.4, 0.5) is 0 Å². The zero-order valence-corrected chi connectivity index (χ0v) is 8.90. The maximum absolute atomic E-state index is 4.05. The third-order valence-electron chi connectivity index (χ3n) is 3.38. The first-order valence-electron chi connectivity index (χ1n) is 5.46. The van der Waals surface area contributed by atoms with Crippen LogP contribution < -0.4 is 5.32 Å². The first-order chi connectivity index (χ1) is 6.83. The van der Waals surface area contributed by atoms with Crippen LogP contribution in [0.3, 0.4) is 0 Å². The molecule has 3 atom stereocenters. The van der Waals surface area contributed by atoms with Crippen LogP contribution in [0.2, 0.25) is 0 Å². The normalized spacial score (nSPS) is 31.1. The first-order valence-corrected chi connectivity index (χ1v) is 5.46. The molecule has 1 fully saturated rings. The lowest BCUT2D eigenvalue weighted by molar-refractivity contribution is 0.187. The third kappa shape index (κ3) is 1.67. The SMILES string of the molecule is CCNC1CC(c2ccncc2)C1C. The maximum atomic E-state index is 4.05. The minimum Gasteiger partial charge on any atom is -0.314 e. The number of nitrogens with zero attached hydrogens (tertiary/aromatic N) is 1. The van der Waals surface area contributed by atoms with Gasteiger partial charge in [0.25, 0.3) is 0 Å². The summed E-state index contributed by atoms with van der Waals surface area (Å²) in [5, 5.41) is 3.52. The Kier molecular flexibility index (Phi) is 2.82. The second kappa shape index (κ2) is 4.09. The van der Waals surface area contributed by atoms with E-state index >= 15 is 0 Å². The molecular weight excluding hydrogens is 172 g/mol. The molecule has 1 heterocycles. The van der Waals surface area contributed by atoms with Gasteiger partial charge in [0.05, 0.1) is 0 Å². The number of rotatable bonds is 3. The van der Waals surface area contributed by atoms with Crippen LogP contribution in [0, 0.1) is 5.92 Å². The first kappa shape index (κ1) is 9.66. The molecule has 1 N–H and O–H groups in total. The molecule has 0 aliphatic heterocycles. The molecule has 1 aromatic heterocycles. The second-order valence-corrected chi connectivity index (χ2v) is 4.15. The van der Waals surface area contributed by atoms with Crippen molar-refractivity contribution in [3.05, 3.63) is 30.1 Å². The molecule has 0 amide bonds. The fourth-order valence-electron chi connectivity index (χ4n) is 2.37. The molecule has 0 radical (unpaired) electrons. The van der Waals surface area contributed by atoms with Gasteiger partial charge in [0.1, 0.15) is 0 Å². The summed E-state index contributed by atoms with van der Waals surface area (Å²) in [6.45, 7) is 5.59. The van der Waals surface area contributed by atoms with Crippen LogP contribution in [-0.2, 0) is 0 Å². The topological polar surface area (TPSA) is 24.9 Å². The highest BCUT2D eigenvalue weighted by Crippen LogP contribution is 2.41. The van der Waals surface area contributed by atoms with Gasteiger partial charge in [-0.15, -0.1) is 0 Å². The smallest absolute Gasteiger partial charge is 0.0270 e. The number of aromatic nitrogens is 1. The van der Waals surface area contributed by atoms with Gasteiger partial charge in [-0.05, 0) is 42.5 Å². The van der Waals surface area contributed by atoms with Crippen molar-refractivity contribution >= 4 is 0 Å². The van der Waals surface area contributed by atoms with Gasteiger partial charge in [-0.3, -0.25) is 4.98 Å². The lowest BCUT2D eigenvalue weighted by Gasteiger charge is -2.43. The van der Waals surface area contributed by atoms with Gasteiger partial charge >= 0.3 is 0 Å². The molecule has 1 saturated carbocycles. The molecule has 1 aliphatic rings. The number of nitrogens with one attached hydrogen (secondary N) is 1. The van der Waals surface area contributed by atoms with Gasteiger partial charge in [-0.2, -0.15) is 0 Å². The van der Waals surface area contributed by atoms with E-state index in [-0.39, 0.29) is 0 Å². The van der Waals surface area contributed by atoms with Crippen LogP contribution in [-0.4, -0.2) is 17.6 Å². The van der Waals surface area contributed by atoms with E-state index in [1.165, 1.54) is 12.0 Å². The predicted molar refractivity (Wildman–Crippen MR) is 58.2 cm³/mol. The molecule has 3 unspecified atom stereocenters. The highest BCUT2D eigenvalue weighted by atomic mass is 14.9. The summed E-state index contributed by atoms with van der Waals surface area (Å²) < 4.78 is 0. The Morgan fingerprint density at radius 1 is 1.43 bits per heavy atom. The molecular formula is C12H18N2. The van der Waals surface area contributed by atoms with E-state index < -0.39 is 0 Å². The standard InChI is InChI=1S/C12H18N2/c1-3-14-12-8-11(9(12)2)10-4-6-13-7-5-10/h4-7,9,11-12,14H,3,8H2,1-2H3. The summed E-state index contributed by atoms with van der Waals surface area (Å²) in [6.07, 6.45) is 5.06. The quantitative estimate of drug-likeness (QED) is 0.790.